The lowest BCUT2D eigenvalue weighted by molar-refractivity contribution is -0.156. The fourth-order valence-electron chi connectivity index (χ4n) is 1.99. The average Bonchev–Trinajstić information content (AvgIpc) is 2.62. The van der Waals surface area contributed by atoms with Gasteiger partial charge in [-0.1, -0.05) is 29.8 Å². The van der Waals surface area contributed by atoms with Crippen LogP contribution in [0.25, 0.3) is 0 Å². The normalized spacial score (nSPS) is 12.6. The Labute approximate surface area is 162 Å². The summed E-state index contributed by atoms with van der Waals surface area (Å²) in [6.07, 6.45) is 2.81. The molecule has 0 heterocycles. The van der Waals surface area contributed by atoms with Crippen LogP contribution < -0.4 is 10.6 Å². The summed E-state index contributed by atoms with van der Waals surface area (Å²) in [6.45, 7) is 5.25. The molecule has 1 aromatic rings. The van der Waals surface area contributed by atoms with Crippen molar-refractivity contribution in [1.29, 1.82) is 0 Å². The van der Waals surface area contributed by atoms with E-state index in [1.165, 1.54) is 24.8 Å². The summed E-state index contributed by atoms with van der Waals surface area (Å²) in [5.74, 6) is -0.929. The molecule has 6 nitrogen and oxygen atoms in total. The largest absolute Gasteiger partial charge is 0.451 e. The predicted octanol–water partition coefficient (Wildman–Crippen LogP) is 2.43. The first-order valence-electron chi connectivity index (χ1n) is 8.04. The van der Waals surface area contributed by atoms with Crippen molar-refractivity contribution < 1.29 is 19.1 Å². The third-order valence-corrected chi connectivity index (χ3v) is 4.38. The van der Waals surface area contributed by atoms with Crippen LogP contribution in [0.15, 0.2) is 36.9 Å². The van der Waals surface area contributed by atoms with Crippen molar-refractivity contribution >= 4 is 41.1 Å². The fraction of sp³-hybridized carbons (Fsp3) is 0.389. The molecule has 0 aromatic heterocycles. The van der Waals surface area contributed by atoms with E-state index < -0.39 is 29.9 Å². The van der Waals surface area contributed by atoms with Crippen molar-refractivity contribution in [3.63, 3.8) is 0 Å². The molecule has 26 heavy (non-hydrogen) atoms. The first-order chi connectivity index (χ1) is 12.4. The smallest absolute Gasteiger partial charge is 0.329 e. The Hall–Kier alpha value is -1.99. The monoisotopic (exact) mass is 398 g/mol. The Bertz CT molecular complexity index is 654. The van der Waals surface area contributed by atoms with Gasteiger partial charge in [0.05, 0.1) is 10.6 Å². The number of esters is 1. The van der Waals surface area contributed by atoms with E-state index in [9.17, 15) is 14.4 Å². The molecule has 0 spiro atoms. The number of rotatable bonds is 10. The van der Waals surface area contributed by atoms with Gasteiger partial charge in [0.2, 0.25) is 0 Å². The minimum Gasteiger partial charge on any atom is -0.451 e. The van der Waals surface area contributed by atoms with E-state index in [0.717, 1.165) is 0 Å². The molecule has 1 aromatic carbocycles. The Morgan fingerprint density at radius 1 is 1.35 bits per heavy atom. The number of benzene rings is 1. The molecule has 8 heteroatoms. The second-order valence-corrected chi connectivity index (χ2v) is 6.79. The molecule has 0 bridgehead atoms. The van der Waals surface area contributed by atoms with Crippen molar-refractivity contribution in [1.82, 2.24) is 10.6 Å². The van der Waals surface area contributed by atoms with Gasteiger partial charge in [0.25, 0.3) is 11.8 Å². The van der Waals surface area contributed by atoms with Gasteiger partial charge in [-0.15, -0.1) is 6.58 Å². The summed E-state index contributed by atoms with van der Waals surface area (Å²) in [6, 6.07) is 5.68. The van der Waals surface area contributed by atoms with Crippen molar-refractivity contribution in [3.05, 3.63) is 47.5 Å². The van der Waals surface area contributed by atoms with Gasteiger partial charge in [-0.3, -0.25) is 9.59 Å². The summed E-state index contributed by atoms with van der Waals surface area (Å²) in [4.78, 5) is 36.6. The van der Waals surface area contributed by atoms with Gasteiger partial charge in [0.1, 0.15) is 6.04 Å². The minimum atomic E-state index is -0.976. The molecule has 0 aliphatic rings. The van der Waals surface area contributed by atoms with E-state index in [1.807, 2.05) is 6.26 Å². The number of carbonyl (C=O) groups excluding carboxylic acids is 3. The molecule has 0 aliphatic carbocycles. The maximum Gasteiger partial charge on any atom is 0.329 e. The zero-order valence-electron chi connectivity index (χ0n) is 14.8. The highest BCUT2D eigenvalue weighted by atomic mass is 35.5. The zero-order chi connectivity index (χ0) is 19.5. The molecular weight excluding hydrogens is 376 g/mol. The number of amides is 2. The maximum absolute atomic E-state index is 12.4. The number of halogens is 1. The highest BCUT2D eigenvalue weighted by Gasteiger charge is 2.26. The Morgan fingerprint density at radius 3 is 2.65 bits per heavy atom. The molecule has 0 fully saturated rings. The van der Waals surface area contributed by atoms with E-state index >= 15 is 0 Å². The maximum atomic E-state index is 12.4. The van der Waals surface area contributed by atoms with Gasteiger partial charge in [-0.05, 0) is 37.5 Å². The van der Waals surface area contributed by atoms with Crippen molar-refractivity contribution in [3.8, 4) is 0 Å². The van der Waals surface area contributed by atoms with Crippen LogP contribution in [-0.4, -0.2) is 48.5 Å². The molecule has 0 saturated carbocycles. The third-order valence-electron chi connectivity index (χ3n) is 3.40. The number of hydrogen-bond donors (Lipinski definition) is 2. The van der Waals surface area contributed by atoms with Crippen molar-refractivity contribution in [2.24, 2.45) is 0 Å². The summed E-state index contributed by atoms with van der Waals surface area (Å²) in [7, 11) is 0. The lowest BCUT2D eigenvalue weighted by atomic mass is 10.1. The highest BCUT2D eigenvalue weighted by molar-refractivity contribution is 7.98. The first kappa shape index (κ1) is 22.1. The summed E-state index contributed by atoms with van der Waals surface area (Å²) in [5, 5.41) is 5.48. The molecule has 0 saturated heterocycles. The lowest BCUT2D eigenvalue weighted by Gasteiger charge is -2.20. The highest BCUT2D eigenvalue weighted by Crippen LogP contribution is 2.15. The fourth-order valence-corrected chi connectivity index (χ4v) is 2.69. The molecule has 0 aliphatic heterocycles. The molecular formula is C18H23ClN2O4S. The lowest BCUT2D eigenvalue weighted by Crippen LogP contribution is -2.45. The van der Waals surface area contributed by atoms with Gasteiger partial charge in [0, 0.05) is 6.54 Å². The number of nitrogens with one attached hydrogen (secondary N) is 2. The molecule has 2 atom stereocenters. The van der Waals surface area contributed by atoms with E-state index in [0.29, 0.717) is 17.2 Å². The predicted molar refractivity (Wildman–Crippen MR) is 104 cm³/mol. The standard InChI is InChI=1S/C18H23ClN2O4S/c1-4-10-20-16(22)12(2)25-18(24)15(9-11-26-3)21-17(23)13-7-5-6-8-14(13)19/h4-8,12,15H,1,9-11H2,2-3H3,(H,20,22)(H,21,23)/t12-,15+/m0/s1. The van der Waals surface area contributed by atoms with Crippen LogP contribution in [0.4, 0.5) is 0 Å². The van der Waals surface area contributed by atoms with Crippen LogP contribution >= 0.6 is 23.4 Å². The SMILES string of the molecule is C=CCNC(=O)[C@H](C)OC(=O)[C@@H](CCSC)NC(=O)c1ccccc1Cl. The van der Waals surface area contributed by atoms with Gasteiger partial charge < -0.3 is 15.4 Å². The number of carbonyl (C=O) groups is 3. The minimum absolute atomic E-state index is 0.271. The summed E-state index contributed by atoms with van der Waals surface area (Å²) < 4.78 is 5.19. The molecule has 1 rings (SSSR count). The third kappa shape index (κ3) is 7.09. The van der Waals surface area contributed by atoms with Gasteiger partial charge in [-0.25, -0.2) is 4.79 Å². The second-order valence-electron chi connectivity index (χ2n) is 5.40. The van der Waals surface area contributed by atoms with Crippen LogP contribution in [0.2, 0.25) is 5.02 Å². The van der Waals surface area contributed by atoms with Crippen LogP contribution in [0.3, 0.4) is 0 Å². The van der Waals surface area contributed by atoms with Crippen LogP contribution in [0.1, 0.15) is 23.7 Å². The zero-order valence-corrected chi connectivity index (χ0v) is 16.4. The van der Waals surface area contributed by atoms with E-state index in [2.05, 4.69) is 17.2 Å². The quantitative estimate of drug-likeness (QED) is 0.467. The molecule has 0 unspecified atom stereocenters. The van der Waals surface area contributed by atoms with Gasteiger partial charge >= 0.3 is 5.97 Å². The average molecular weight is 399 g/mol. The van der Waals surface area contributed by atoms with E-state index in [4.69, 9.17) is 16.3 Å². The number of hydrogen-bond acceptors (Lipinski definition) is 5. The molecule has 2 N–H and O–H groups in total. The van der Waals surface area contributed by atoms with Crippen LogP contribution in [0, 0.1) is 0 Å². The summed E-state index contributed by atoms with van der Waals surface area (Å²) >= 11 is 7.55. The molecule has 142 valence electrons. The number of thioether (sulfide) groups is 1. The Morgan fingerprint density at radius 2 is 2.04 bits per heavy atom. The van der Waals surface area contributed by atoms with Crippen LogP contribution in [-0.2, 0) is 14.3 Å². The summed E-state index contributed by atoms with van der Waals surface area (Å²) in [5.41, 5.74) is 0.271. The Kier molecular flexibility index (Phi) is 9.83. The molecule has 0 radical (unpaired) electrons. The van der Waals surface area contributed by atoms with Gasteiger partial charge in [0.15, 0.2) is 6.10 Å². The topological polar surface area (TPSA) is 84.5 Å². The van der Waals surface area contributed by atoms with Gasteiger partial charge in [-0.2, -0.15) is 11.8 Å². The molecule has 2 amide bonds. The van der Waals surface area contributed by atoms with Crippen molar-refractivity contribution in [2.75, 3.05) is 18.6 Å². The second kappa shape index (κ2) is 11.6. The van der Waals surface area contributed by atoms with E-state index in [-0.39, 0.29) is 12.1 Å². The van der Waals surface area contributed by atoms with Crippen molar-refractivity contribution in [2.45, 2.75) is 25.5 Å². The van der Waals surface area contributed by atoms with E-state index in [1.54, 1.807) is 24.3 Å². The first-order valence-corrected chi connectivity index (χ1v) is 9.81. The van der Waals surface area contributed by atoms with Crippen LogP contribution in [0.5, 0.6) is 0 Å². The number of ether oxygens (including phenoxy) is 1. The Balaban J connectivity index is 2.77.